The number of thioether (sulfide) groups is 1. The van der Waals surface area contributed by atoms with Crippen LogP contribution in [0.15, 0.2) is 29.2 Å². The normalized spacial score (nSPS) is 13.9. The van der Waals surface area contributed by atoms with Crippen molar-refractivity contribution in [3.8, 4) is 0 Å². The second-order valence-corrected chi connectivity index (χ2v) is 5.57. The molecule has 1 amide bonds. The lowest BCUT2D eigenvalue weighted by molar-refractivity contribution is -0.145. The fraction of sp³-hybridized carbons (Fsp3) is 0.429. The Bertz CT molecular complexity index is 472. The molecule has 102 valence electrons. The zero-order chi connectivity index (χ0) is 13.7. The zero-order valence-corrected chi connectivity index (χ0v) is 11.7. The number of rotatable bonds is 6. The van der Waals surface area contributed by atoms with E-state index < -0.39 is 0 Å². The average molecular weight is 279 g/mol. The molecule has 5 heteroatoms. The molecular formula is C14H17NO3S. The van der Waals surface area contributed by atoms with Gasteiger partial charge in [0.05, 0.1) is 5.75 Å². The molecule has 1 aliphatic carbocycles. The van der Waals surface area contributed by atoms with Crippen LogP contribution in [0.3, 0.4) is 0 Å². The Hall–Kier alpha value is -1.49. The summed E-state index contributed by atoms with van der Waals surface area (Å²) in [6.45, 7) is 1.82. The minimum atomic E-state index is -0.362. The third-order valence-corrected chi connectivity index (χ3v) is 3.89. The van der Waals surface area contributed by atoms with Crippen molar-refractivity contribution in [3.05, 3.63) is 29.8 Å². The van der Waals surface area contributed by atoms with Crippen molar-refractivity contribution < 1.29 is 14.3 Å². The molecular weight excluding hydrogens is 262 g/mol. The largest absolute Gasteiger partial charge is 0.455 e. The monoisotopic (exact) mass is 279 g/mol. The maximum Gasteiger partial charge on any atom is 0.316 e. The molecule has 1 aromatic rings. The van der Waals surface area contributed by atoms with E-state index in [4.69, 9.17) is 4.74 Å². The summed E-state index contributed by atoms with van der Waals surface area (Å²) in [5.41, 5.74) is 1.13. The molecule has 0 atom stereocenters. The van der Waals surface area contributed by atoms with Gasteiger partial charge in [-0.1, -0.05) is 18.2 Å². The van der Waals surface area contributed by atoms with Gasteiger partial charge in [0, 0.05) is 10.9 Å². The van der Waals surface area contributed by atoms with Crippen LogP contribution in [0.4, 0.5) is 0 Å². The molecule has 1 N–H and O–H groups in total. The molecule has 2 rings (SSSR count). The number of hydrogen-bond acceptors (Lipinski definition) is 4. The summed E-state index contributed by atoms with van der Waals surface area (Å²) < 4.78 is 4.92. The second kappa shape index (κ2) is 6.61. The van der Waals surface area contributed by atoms with Crippen molar-refractivity contribution >= 4 is 23.6 Å². The van der Waals surface area contributed by atoms with E-state index >= 15 is 0 Å². The first kappa shape index (κ1) is 13.9. The Morgan fingerprint density at radius 1 is 1.37 bits per heavy atom. The predicted octanol–water partition coefficient (Wildman–Crippen LogP) is 1.91. The lowest BCUT2D eigenvalue weighted by atomic mass is 10.2. The van der Waals surface area contributed by atoms with Crippen molar-refractivity contribution in [2.75, 3.05) is 12.4 Å². The topological polar surface area (TPSA) is 55.4 Å². The van der Waals surface area contributed by atoms with Gasteiger partial charge in [-0.15, -0.1) is 11.8 Å². The Labute approximate surface area is 116 Å². The highest BCUT2D eigenvalue weighted by molar-refractivity contribution is 8.00. The number of benzene rings is 1. The van der Waals surface area contributed by atoms with E-state index in [1.54, 1.807) is 0 Å². The SMILES string of the molecule is Cc1ccccc1SCC(=O)OCC(=O)NC1CC1. The fourth-order valence-corrected chi connectivity index (χ4v) is 2.37. The molecule has 0 aromatic heterocycles. The summed E-state index contributed by atoms with van der Waals surface area (Å²) in [6.07, 6.45) is 2.06. The van der Waals surface area contributed by atoms with E-state index in [1.807, 2.05) is 31.2 Å². The smallest absolute Gasteiger partial charge is 0.316 e. The van der Waals surface area contributed by atoms with Gasteiger partial charge in [0.25, 0.3) is 5.91 Å². The first-order chi connectivity index (χ1) is 9.15. The van der Waals surface area contributed by atoms with E-state index in [2.05, 4.69) is 5.32 Å². The number of carbonyl (C=O) groups excluding carboxylic acids is 2. The highest BCUT2D eigenvalue weighted by Gasteiger charge is 2.23. The molecule has 4 nitrogen and oxygen atoms in total. The zero-order valence-electron chi connectivity index (χ0n) is 10.8. The summed E-state index contributed by atoms with van der Waals surface area (Å²) in [5.74, 6) is -0.349. The van der Waals surface area contributed by atoms with Gasteiger partial charge in [-0.2, -0.15) is 0 Å². The number of nitrogens with one attached hydrogen (secondary N) is 1. The Balaban J connectivity index is 1.66. The standard InChI is InChI=1S/C14H17NO3S/c1-10-4-2-3-5-12(10)19-9-14(17)18-8-13(16)15-11-6-7-11/h2-5,11H,6-9H2,1H3,(H,15,16). The number of ether oxygens (including phenoxy) is 1. The average Bonchev–Trinajstić information content (AvgIpc) is 3.19. The minimum Gasteiger partial charge on any atom is -0.455 e. The van der Waals surface area contributed by atoms with Crippen molar-refractivity contribution in [3.63, 3.8) is 0 Å². The number of carbonyl (C=O) groups is 2. The van der Waals surface area contributed by atoms with Crippen molar-refractivity contribution in [1.29, 1.82) is 0 Å². The van der Waals surface area contributed by atoms with Gasteiger partial charge in [-0.25, -0.2) is 0 Å². The van der Waals surface area contributed by atoms with E-state index in [0.717, 1.165) is 23.3 Å². The highest BCUT2D eigenvalue weighted by atomic mass is 32.2. The van der Waals surface area contributed by atoms with Crippen LogP contribution in [0.2, 0.25) is 0 Å². The predicted molar refractivity (Wildman–Crippen MR) is 74.0 cm³/mol. The van der Waals surface area contributed by atoms with Crippen LogP contribution in [-0.4, -0.2) is 30.3 Å². The fourth-order valence-electron chi connectivity index (χ4n) is 1.54. The lowest BCUT2D eigenvalue weighted by Gasteiger charge is -2.06. The van der Waals surface area contributed by atoms with Crippen LogP contribution >= 0.6 is 11.8 Å². The molecule has 0 saturated heterocycles. The van der Waals surface area contributed by atoms with Crippen molar-refractivity contribution in [2.24, 2.45) is 0 Å². The summed E-state index contributed by atoms with van der Waals surface area (Å²) in [5, 5.41) is 2.77. The summed E-state index contributed by atoms with van der Waals surface area (Å²) in [6, 6.07) is 8.15. The van der Waals surface area contributed by atoms with Crippen LogP contribution in [0, 0.1) is 6.92 Å². The molecule has 0 bridgehead atoms. The summed E-state index contributed by atoms with van der Waals surface area (Å²) >= 11 is 1.43. The molecule has 0 heterocycles. The molecule has 0 radical (unpaired) electrons. The van der Waals surface area contributed by atoms with Gasteiger partial charge in [-0.05, 0) is 31.4 Å². The number of esters is 1. The summed E-state index contributed by atoms with van der Waals surface area (Å²) in [4.78, 5) is 23.9. The molecule has 1 fully saturated rings. The van der Waals surface area contributed by atoms with Gasteiger partial charge < -0.3 is 10.1 Å². The molecule has 19 heavy (non-hydrogen) atoms. The third-order valence-electron chi connectivity index (χ3n) is 2.75. The van der Waals surface area contributed by atoms with Gasteiger partial charge >= 0.3 is 5.97 Å². The van der Waals surface area contributed by atoms with Crippen LogP contribution in [0.5, 0.6) is 0 Å². The van der Waals surface area contributed by atoms with Crippen LogP contribution < -0.4 is 5.32 Å². The minimum absolute atomic E-state index is 0.177. The molecule has 0 aliphatic heterocycles. The number of aryl methyl sites for hydroxylation is 1. The van der Waals surface area contributed by atoms with Gasteiger partial charge in [0.15, 0.2) is 6.61 Å². The van der Waals surface area contributed by atoms with E-state index in [9.17, 15) is 9.59 Å². The van der Waals surface area contributed by atoms with E-state index in [1.165, 1.54) is 11.8 Å². The van der Waals surface area contributed by atoms with Crippen molar-refractivity contribution in [1.82, 2.24) is 5.32 Å². The maximum atomic E-state index is 11.5. The Morgan fingerprint density at radius 3 is 2.79 bits per heavy atom. The number of amides is 1. The highest BCUT2D eigenvalue weighted by Crippen LogP contribution is 2.21. The van der Waals surface area contributed by atoms with Crippen LogP contribution in [-0.2, 0) is 14.3 Å². The molecule has 1 aliphatic rings. The first-order valence-corrected chi connectivity index (χ1v) is 7.27. The quantitative estimate of drug-likeness (QED) is 0.638. The lowest BCUT2D eigenvalue weighted by Crippen LogP contribution is -2.30. The van der Waals surface area contributed by atoms with Crippen molar-refractivity contribution in [2.45, 2.75) is 30.7 Å². The van der Waals surface area contributed by atoms with E-state index in [0.29, 0.717) is 6.04 Å². The Kier molecular flexibility index (Phi) is 4.85. The Morgan fingerprint density at radius 2 is 2.11 bits per heavy atom. The van der Waals surface area contributed by atoms with E-state index in [-0.39, 0.29) is 24.2 Å². The van der Waals surface area contributed by atoms with Crippen LogP contribution in [0.1, 0.15) is 18.4 Å². The van der Waals surface area contributed by atoms with Gasteiger partial charge in [0.1, 0.15) is 0 Å². The first-order valence-electron chi connectivity index (χ1n) is 6.28. The molecule has 0 spiro atoms. The third kappa shape index (κ3) is 4.95. The molecule has 1 saturated carbocycles. The van der Waals surface area contributed by atoms with Gasteiger partial charge in [0.2, 0.25) is 0 Å². The number of hydrogen-bond donors (Lipinski definition) is 1. The van der Waals surface area contributed by atoms with Gasteiger partial charge in [-0.3, -0.25) is 9.59 Å². The van der Waals surface area contributed by atoms with Crippen LogP contribution in [0.25, 0.3) is 0 Å². The molecule has 1 aromatic carbocycles. The second-order valence-electron chi connectivity index (χ2n) is 4.56. The molecule has 0 unspecified atom stereocenters. The maximum absolute atomic E-state index is 11.5. The summed E-state index contributed by atoms with van der Waals surface area (Å²) in [7, 11) is 0.